The van der Waals surface area contributed by atoms with E-state index in [0.717, 1.165) is 77.2 Å². The van der Waals surface area contributed by atoms with Gasteiger partial charge in [-0.1, -0.05) is 38.2 Å². The zero-order chi connectivity index (χ0) is 32.3. The minimum absolute atomic E-state index is 0.00855. The van der Waals surface area contributed by atoms with Crippen molar-refractivity contribution in [2.75, 3.05) is 13.2 Å². The second kappa shape index (κ2) is 12.8. The van der Waals surface area contributed by atoms with Gasteiger partial charge >= 0.3 is 11.9 Å². The van der Waals surface area contributed by atoms with Crippen LogP contribution in [0.2, 0.25) is 0 Å². The Labute approximate surface area is 276 Å². The number of allylic oxidation sites excluding steroid dienone is 1. The lowest BCUT2D eigenvalue weighted by atomic mass is 9.49. The summed E-state index contributed by atoms with van der Waals surface area (Å²) in [7, 11) is 0. The molecule has 4 saturated carbocycles. The molecule has 7 fully saturated rings. The molecular weight excluding hydrogens is 580 g/mol. The molecule has 0 amide bonds. The number of ether oxygens (including phenoxy) is 3. The van der Waals surface area contributed by atoms with E-state index < -0.39 is 11.2 Å². The van der Waals surface area contributed by atoms with Gasteiger partial charge in [-0.05, 0) is 132 Å². The molecule has 46 heavy (non-hydrogen) atoms. The van der Waals surface area contributed by atoms with Gasteiger partial charge in [-0.3, -0.25) is 4.79 Å². The van der Waals surface area contributed by atoms with Crippen LogP contribution in [-0.2, 0) is 23.8 Å². The number of fused-ring (bicyclic) bond motifs is 3. The zero-order valence-electron chi connectivity index (χ0n) is 28.6. The van der Waals surface area contributed by atoms with Gasteiger partial charge in [-0.2, -0.15) is 0 Å². The summed E-state index contributed by atoms with van der Waals surface area (Å²) in [5.41, 5.74) is 5.56. The van der Waals surface area contributed by atoms with Crippen molar-refractivity contribution < 1.29 is 28.9 Å². The normalized spacial score (nSPS) is 47.1. The summed E-state index contributed by atoms with van der Waals surface area (Å²) in [6.45, 7) is 6.97. The number of nitrogens with two attached hydrogens (primary N) is 1. The van der Waals surface area contributed by atoms with Crippen molar-refractivity contribution in [2.24, 2.45) is 52.6 Å². The first-order valence-electron chi connectivity index (χ1n) is 19.0. The number of hydrogen-bond donors (Lipinski definition) is 3. The minimum atomic E-state index is -0.742. The number of nitrogens with one attached hydrogen (secondary N) is 1. The molecule has 1 spiro atoms. The second-order valence-corrected chi connectivity index (χ2v) is 16.9. The van der Waals surface area contributed by atoms with Crippen LogP contribution in [0.25, 0.3) is 0 Å². The molecule has 3 aliphatic heterocycles. The van der Waals surface area contributed by atoms with Crippen LogP contribution in [0, 0.1) is 46.8 Å². The molecule has 9 unspecified atom stereocenters. The van der Waals surface area contributed by atoms with Crippen molar-refractivity contribution in [2.45, 2.75) is 153 Å². The maximum atomic E-state index is 13.6. The fourth-order valence-electron chi connectivity index (χ4n) is 12.3. The van der Waals surface area contributed by atoms with Crippen LogP contribution in [0.1, 0.15) is 124 Å². The highest BCUT2D eigenvalue weighted by Crippen LogP contribution is 2.65. The molecule has 8 heteroatoms. The highest BCUT2D eigenvalue weighted by Gasteiger charge is 2.70. The topological polar surface area (TPSA) is 120 Å². The van der Waals surface area contributed by atoms with E-state index in [1.807, 2.05) is 19.9 Å². The molecule has 0 radical (unpaired) electrons. The standard InChI is InChI=1S/C38H60N2O6/c1-4-23(2)34(42)46-36(3)20-24-9-5-6-10-28(24)33(25-11-12-32(39)40-22-25)38(36)21-27-17-26-18-29(37(15-16-41)13-7-8-14-37)35(43)44-30(26)19-31(27)45-38/h4,24-33,40-41H,5-22,39H2,1-3H3/t24?,25?,26?,27?,28?,29?,30?,31?,32?,33-,36+,38-/m0/s1. The van der Waals surface area contributed by atoms with Gasteiger partial charge in [0.05, 0.1) is 18.2 Å². The quantitative estimate of drug-likeness (QED) is 0.247. The largest absolute Gasteiger partial charge is 0.462 e. The molecule has 8 nitrogen and oxygen atoms in total. The molecular formula is C38H60N2O6. The SMILES string of the molecule is CC=C(C)C(=O)O[C@]1(C)CC2CCCCC2[C@H](C2CCC(N)NC2)[C@@]12CC1CC3CC(C4(CCO)CCCC4)C(=O)OC3CC1O2. The molecule has 0 aromatic rings. The number of aliphatic hydroxyl groups is 1. The van der Waals surface area contributed by atoms with Crippen LogP contribution in [-0.4, -0.2) is 59.8 Å². The van der Waals surface area contributed by atoms with Crippen LogP contribution in [0.4, 0.5) is 0 Å². The number of esters is 2. The lowest BCUT2D eigenvalue weighted by Crippen LogP contribution is -2.68. The van der Waals surface area contributed by atoms with Crippen molar-refractivity contribution in [3.05, 3.63) is 11.6 Å². The smallest absolute Gasteiger partial charge is 0.334 e. The summed E-state index contributed by atoms with van der Waals surface area (Å²) in [5, 5.41) is 13.6. The van der Waals surface area contributed by atoms with E-state index in [1.165, 1.54) is 25.7 Å². The van der Waals surface area contributed by atoms with Crippen LogP contribution in [0.15, 0.2) is 11.6 Å². The Morgan fingerprint density at radius 2 is 1.78 bits per heavy atom. The number of carbonyl (C=O) groups is 2. The van der Waals surface area contributed by atoms with E-state index in [2.05, 4.69) is 12.2 Å². The van der Waals surface area contributed by atoms with Crippen LogP contribution >= 0.6 is 0 Å². The summed E-state index contributed by atoms with van der Waals surface area (Å²) in [6.07, 6.45) is 18.0. The van der Waals surface area contributed by atoms with Gasteiger partial charge in [0, 0.05) is 18.6 Å². The van der Waals surface area contributed by atoms with Crippen LogP contribution < -0.4 is 11.1 Å². The van der Waals surface area contributed by atoms with E-state index in [0.29, 0.717) is 41.6 Å². The Morgan fingerprint density at radius 1 is 1.00 bits per heavy atom. The molecule has 4 aliphatic carbocycles. The molecule has 12 atom stereocenters. The number of aliphatic hydroxyl groups excluding tert-OH is 1. The van der Waals surface area contributed by atoms with Gasteiger partial charge in [0.2, 0.25) is 0 Å². The lowest BCUT2D eigenvalue weighted by molar-refractivity contribution is -0.266. The third-order valence-electron chi connectivity index (χ3n) is 14.7. The van der Waals surface area contributed by atoms with Crippen molar-refractivity contribution in [1.82, 2.24) is 5.32 Å². The van der Waals surface area contributed by atoms with Gasteiger partial charge in [0.1, 0.15) is 17.3 Å². The highest BCUT2D eigenvalue weighted by atomic mass is 16.6. The van der Waals surface area contributed by atoms with E-state index in [1.54, 1.807) is 0 Å². The molecule has 0 bridgehead atoms. The highest BCUT2D eigenvalue weighted by molar-refractivity contribution is 5.88. The summed E-state index contributed by atoms with van der Waals surface area (Å²) < 4.78 is 20.7. The summed E-state index contributed by atoms with van der Waals surface area (Å²) in [4.78, 5) is 27.3. The summed E-state index contributed by atoms with van der Waals surface area (Å²) >= 11 is 0. The third kappa shape index (κ3) is 5.49. The van der Waals surface area contributed by atoms with E-state index in [-0.39, 0.29) is 54.2 Å². The monoisotopic (exact) mass is 640 g/mol. The lowest BCUT2D eigenvalue weighted by Gasteiger charge is -2.61. The van der Waals surface area contributed by atoms with Gasteiger partial charge in [0.15, 0.2) is 0 Å². The average molecular weight is 641 g/mol. The maximum absolute atomic E-state index is 13.6. The number of rotatable bonds is 6. The van der Waals surface area contributed by atoms with Crippen LogP contribution in [0.3, 0.4) is 0 Å². The first-order valence-corrected chi connectivity index (χ1v) is 19.0. The Morgan fingerprint density at radius 3 is 2.50 bits per heavy atom. The molecule has 7 rings (SSSR count). The molecule has 0 aromatic heterocycles. The molecule has 3 saturated heterocycles. The number of piperidine rings is 1. The summed E-state index contributed by atoms with van der Waals surface area (Å²) in [5.74, 6) is 2.04. The van der Waals surface area contributed by atoms with Gasteiger partial charge in [-0.25, -0.2) is 4.79 Å². The summed E-state index contributed by atoms with van der Waals surface area (Å²) in [6, 6.07) is 0. The predicted molar refractivity (Wildman–Crippen MR) is 175 cm³/mol. The Balaban J connectivity index is 1.22. The van der Waals surface area contributed by atoms with Crippen molar-refractivity contribution >= 4 is 11.9 Å². The number of carbonyl (C=O) groups excluding carboxylic acids is 2. The Kier molecular flexibility index (Phi) is 9.17. The predicted octanol–water partition coefficient (Wildman–Crippen LogP) is 5.79. The Hall–Kier alpha value is -1.48. The minimum Gasteiger partial charge on any atom is -0.462 e. The van der Waals surface area contributed by atoms with Crippen molar-refractivity contribution in [3.8, 4) is 0 Å². The first kappa shape index (κ1) is 33.0. The maximum Gasteiger partial charge on any atom is 0.334 e. The molecule has 7 aliphatic rings. The van der Waals surface area contributed by atoms with Crippen molar-refractivity contribution in [3.63, 3.8) is 0 Å². The molecule has 0 aromatic carbocycles. The fraction of sp³-hybridized carbons (Fsp3) is 0.895. The third-order valence-corrected chi connectivity index (χ3v) is 14.7. The molecule has 258 valence electrons. The van der Waals surface area contributed by atoms with E-state index in [9.17, 15) is 14.7 Å². The van der Waals surface area contributed by atoms with Crippen LogP contribution in [0.5, 0.6) is 0 Å². The first-order chi connectivity index (χ1) is 22.1. The Bertz CT molecular complexity index is 1180. The fourth-order valence-corrected chi connectivity index (χ4v) is 12.3. The second-order valence-electron chi connectivity index (χ2n) is 16.9. The van der Waals surface area contributed by atoms with E-state index in [4.69, 9.17) is 19.9 Å². The van der Waals surface area contributed by atoms with Gasteiger partial charge in [0.25, 0.3) is 0 Å². The van der Waals surface area contributed by atoms with Gasteiger partial charge in [-0.15, -0.1) is 0 Å². The average Bonchev–Trinajstić information content (AvgIpc) is 3.66. The molecule has 3 heterocycles. The van der Waals surface area contributed by atoms with E-state index >= 15 is 0 Å². The zero-order valence-corrected chi connectivity index (χ0v) is 28.6. The van der Waals surface area contributed by atoms with Gasteiger partial charge < -0.3 is 30.4 Å². The van der Waals surface area contributed by atoms with Crippen molar-refractivity contribution in [1.29, 1.82) is 0 Å². The number of hydrogen-bond acceptors (Lipinski definition) is 8. The molecule has 4 N–H and O–H groups in total.